The van der Waals surface area contributed by atoms with Gasteiger partial charge in [0.1, 0.15) is 4.83 Å². The number of likely N-dealkylation sites (tertiary alicyclic amines) is 1. The standard InChI is InChI=1S/C19H23N3O2S2/c1-13-14(2)26-17-16(13)18(23)22(12-20-17)11-19(24)5-7-21(8-6-19)10-15-4-3-9-25-15/h3-4,9,12,24H,5-8,10-11H2,1-2H3. The highest BCUT2D eigenvalue weighted by Gasteiger charge is 2.33. The van der Waals surface area contributed by atoms with Gasteiger partial charge in [0.25, 0.3) is 5.56 Å². The summed E-state index contributed by atoms with van der Waals surface area (Å²) >= 11 is 3.32. The van der Waals surface area contributed by atoms with E-state index in [0.717, 1.165) is 34.9 Å². The molecule has 3 aromatic heterocycles. The van der Waals surface area contributed by atoms with Crippen LogP contribution in [0.4, 0.5) is 0 Å². The average molecular weight is 390 g/mol. The molecular weight excluding hydrogens is 366 g/mol. The summed E-state index contributed by atoms with van der Waals surface area (Å²) < 4.78 is 1.59. The molecule has 1 aliphatic heterocycles. The Balaban J connectivity index is 1.49. The van der Waals surface area contributed by atoms with Gasteiger partial charge in [-0.05, 0) is 43.7 Å². The van der Waals surface area contributed by atoms with E-state index in [2.05, 4.69) is 27.4 Å². The highest BCUT2D eigenvalue weighted by molar-refractivity contribution is 7.18. The van der Waals surface area contributed by atoms with Gasteiger partial charge >= 0.3 is 0 Å². The van der Waals surface area contributed by atoms with E-state index in [4.69, 9.17) is 0 Å². The summed E-state index contributed by atoms with van der Waals surface area (Å²) in [5.74, 6) is 0. The van der Waals surface area contributed by atoms with Gasteiger partial charge in [-0.1, -0.05) is 6.07 Å². The third kappa shape index (κ3) is 3.36. The second-order valence-corrected chi connectivity index (χ2v) is 9.46. The van der Waals surface area contributed by atoms with Crippen LogP contribution in [-0.2, 0) is 13.1 Å². The lowest BCUT2D eigenvalue weighted by Gasteiger charge is -2.38. The number of fused-ring (bicyclic) bond motifs is 1. The van der Waals surface area contributed by atoms with Crippen LogP contribution in [-0.4, -0.2) is 38.2 Å². The van der Waals surface area contributed by atoms with Crippen molar-refractivity contribution in [3.8, 4) is 0 Å². The van der Waals surface area contributed by atoms with Crippen LogP contribution < -0.4 is 5.56 Å². The van der Waals surface area contributed by atoms with Crippen molar-refractivity contribution in [1.29, 1.82) is 0 Å². The normalized spacial score (nSPS) is 17.8. The van der Waals surface area contributed by atoms with E-state index in [0.29, 0.717) is 24.8 Å². The van der Waals surface area contributed by atoms with Gasteiger partial charge in [0.05, 0.1) is 23.9 Å². The van der Waals surface area contributed by atoms with Gasteiger partial charge in [-0.15, -0.1) is 22.7 Å². The Morgan fingerprint density at radius 1 is 1.31 bits per heavy atom. The summed E-state index contributed by atoms with van der Waals surface area (Å²) in [6.07, 6.45) is 2.94. The van der Waals surface area contributed by atoms with E-state index in [9.17, 15) is 9.90 Å². The molecule has 1 aliphatic rings. The van der Waals surface area contributed by atoms with E-state index in [1.54, 1.807) is 33.6 Å². The summed E-state index contributed by atoms with van der Waals surface area (Å²) in [4.78, 5) is 23.0. The number of thiophene rings is 2. The van der Waals surface area contributed by atoms with Crippen molar-refractivity contribution < 1.29 is 5.11 Å². The van der Waals surface area contributed by atoms with Gasteiger partial charge < -0.3 is 5.11 Å². The second-order valence-electron chi connectivity index (χ2n) is 7.22. The third-order valence-electron chi connectivity index (χ3n) is 5.37. The fourth-order valence-electron chi connectivity index (χ4n) is 3.61. The van der Waals surface area contributed by atoms with Gasteiger partial charge in [-0.3, -0.25) is 14.3 Å². The van der Waals surface area contributed by atoms with Crippen LogP contribution in [0.25, 0.3) is 10.2 Å². The third-order valence-corrected chi connectivity index (χ3v) is 7.34. The molecule has 0 radical (unpaired) electrons. The van der Waals surface area contributed by atoms with Gasteiger partial charge in [0, 0.05) is 29.4 Å². The first-order chi connectivity index (χ1) is 12.5. The lowest BCUT2D eigenvalue weighted by Crippen LogP contribution is -2.47. The highest BCUT2D eigenvalue weighted by atomic mass is 32.1. The molecule has 5 nitrogen and oxygen atoms in total. The van der Waals surface area contributed by atoms with E-state index in [1.807, 2.05) is 13.8 Å². The second kappa shape index (κ2) is 6.88. The number of aryl methyl sites for hydroxylation is 2. The summed E-state index contributed by atoms with van der Waals surface area (Å²) in [6, 6.07) is 4.22. The van der Waals surface area contributed by atoms with Crippen molar-refractivity contribution >= 4 is 32.9 Å². The van der Waals surface area contributed by atoms with Crippen LogP contribution in [0, 0.1) is 13.8 Å². The number of aromatic nitrogens is 2. The van der Waals surface area contributed by atoms with Crippen LogP contribution in [0.15, 0.2) is 28.6 Å². The Bertz CT molecular complexity index is 967. The molecule has 0 aromatic carbocycles. The quantitative estimate of drug-likeness (QED) is 0.745. The predicted molar refractivity (Wildman–Crippen MR) is 107 cm³/mol. The lowest BCUT2D eigenvalue weighted by atomic mass is 9.91. The SMILES string of the molecule is Cc1sc2ncn(CC3(O)CCN(Cc4cccs4)CC3)c(=O)c2c1C. The number of aliphatic hydroxyl groups is 1. The topological polar surface area (TPSA) is 58.4 Å². The molecule has 0 aliphatic carbocycles. The van der Waals surface area contributed by atoms with Crippen LogP contribution in [0.3, 0.4) is 0 Å². The molecular formula is C19H23N3O2S2. The fourth-order valence-corrected chi connectivity index (χ4v) is 5.34. The molecule has 0 unspecified atom stereocenters. The zero-order chi connectivity index (χ0) is 18.3. The summed E-state index contributed by atoms with van der Waals surface area (Å²) in [6.45, 7) is 6.93. The molecule has 0 spiro atoms. The summed E-state index contributed by atoms with van der Waals surface area (Å²) in [5.41, 5.74) is 0.130. The molecule has 0 bridgehead atoms. The van der Waals surface area contributed by atoms with Crippen molar-refractivity contribution in [2.24, 2.45) is 0 Å². The Labute approximate surface area is 160 Å². The van der Waals surface area contributed by atoms with Crippen molar-refractivity contribution in [2.75, 3.05) is 13.1 Å². The Hall–Kier alpha value is -1.54. The van der Waals surface area contributed by atoms with Crippen molar-refractivity contribution in [1.82, 2.24) is 14.5 Å². The Kier molecular flexibility index (Phi) is 4.73. The maximum Gasteiger partial charge on any atom is 0.262 e. The Morgan fingerprint density at radius 3 is 2.77 bits per heavy atom. The predicted octanol–water partition coefficient (Wildman–Crippen LogP) is 3.16. The minimum atomic E-state index is -0.843. The molecule has 1 N–H and O–H groups in total. The van der Waals surface area contributed by atoms with Crippen molar-refractivity contribution in [3.63, 3.8) is 0 Å². The smallest absolute Gasteiger partial charge is 0.262 e. The molecule has 4 heterocycles. The molecule has 1 fully saturated rings. The lowest BCUT2D eigenvalue weighted by molar-refractivity contribution is -0.0363. The summed E-state index contributed by atoms with van der Waals surface area (Å²) in [7, 11) is 0. The van der Waals surface area contributed by atoms with Crippen LogP contribution in [0.5, 0.6) is 0 Å². The van der Waals surface area contributed by atoms with Crippen molar-refractivity contribution in [2.45, 2.75) is 45.4 Å². The minimum Gasteiger partial charge on any atom is -0.388 e. The number of nitrogens with zero attached hydrogens (tertiary/aromatic N) is 3. The first kappa shape index (κ1) is 17.9. The Morgan fingerprint density at radius 2 is 2.08 bits per heavy atom. The molecule has 1 saturated heterocycles. The highest BCUT2D eigenvalue weighted by Crippen LogP contribution is 2.28. The van der Waals surface area contributed by atoms with Crippen LogP contribution >= 0.6 is 22.7 Å². The number of piperidine rings is 1. The molecule has 4 rings (SSSR count). The first-order valence-corrected chi connectivity index (χ1v) is 10.6. The number of hydrogen-bond donors (Lipinski definition) is 1. The maximum atomic E-state index is 12.9. The molecule has 3 aromatic rings. The van der Waals surface area contributed by atoms with Gasteiger partial charge in [-0.25, -0.2) is 4.98 Å². The van der Waals surface area contributed by atoms with Crippen LogP contribution in [0.1, 0.15) is 28.2 Å². The zero-order valence-electron chi connectivity index (χ0n) is 15.1. The largest absolute Gasteiger partial charge is 0.388 e. The molecule has 138 valence electrons. The first-order valence-electron chi connectivity index (χ1n) is 8.87. The monoisotopic (exact) mass is 389 g/mol. The number of rotatable bonds is 4. The van der Waals surface area contributed by atoms with E-state index in [1.165, 1.54) is 4.88 Å². The summed E-state index contributed by atoms with van der Waals surface area (Å²) in [5, 5.41) is 13.8. The average Bonchev–Trinajstić information content (AvgIpc) is 3.22. The maximum absolute atomic E-state index is 12.9. The van der Waals surface area contributed by atoms with E-state index >= 15 is 0 Å². The van der Waals surface area contributed by atoms with Gasteiger partial charge in [0.2, 0.25) is 0 Å². The van der Waals surface area contributed by atoms with Crippen molar-refractivity contribution in [3.05, 3.63) is 49.5 Å². The van der Waals surface area contributed by atoms with E-state index < -0.39 is 5.60 Å². The minimum absolute atomic E-state index is 0.0358. The number of hydrogen-bond acceptors (Lipinski definition) is 6. The van der Waals surface area contributed by atoms with Crippen LogP contribution in [0.2, 0.25) is 0 Å². The van der Waals surface area contributed by atoms with E-state index in [-0.39, 0.29) is 5.56 Å². The molecule has 7 heteroatoms. The van der Waals surface area contributed by atoms with Gasteiger partial charge in [-0.2, -0.15) is 0 Å². The molecule has 26 heavy (non-hydrogen) atoms. The zero-order valence-corrected chi connectivity index (χ0v) is 16.7. The molecule has 0 amide bonds. The molecule has 0 saturated carbocycles. The fraction of sp³-hybridized carbons (Fsp3) is 0.474. The van der Waals surface area contributed by atoms with Gasteiger partial charge in [0.15, 0.2) is 0 Å². The molecule has 0 atom stereocenters.